The smallest absolute Gasteiger partial charge is 0.164 e. The third kappa shape index (κ3) is 4.86. The minimum Gasteiger partial charge on any atom is -0.309 e. The zero-order chi connectivity index (χ0) is 40.8. The fraction of sp³-hybridized carbons (Fsp3) is 0.0172. The summed E-state index contributed by atoms with van der Waals surface area (Å²) < 4.78 is 2.40. The van der Waals surface area contributed by atoms with Crippen LogP contribution in [0.3, 0.4) is 0 Å². The predicted octanol–water partition coefficient (Wildman–Crippen LogP) is 14.0. The van der Waals surface area contributed by atoms with E-state index in [1.165, 1.54) is 60.8 Å². The molecule has 0 saturated heterocycles. The summed E-state index contributed by atoms with van der Waals surface area (Å²) in [7, 11) is 0. The van der Waals surface area contributed by atoms with Crippen LogP contribution in [0.4, 0.5) is 0 Å². The van der Waals surface area contributed by atoms with Gasteiger partial charge in [-0.2, -0.15) is 0 Å². The van der Waals surface area contributed by atoms with Gasteiger partial charge in [0.25, 0.3) is 0 Å². The van der Waals surface area contributed by atoms with Gasteiger partial charge in [0.15, 0.2) is 17.5 Å². The molecule has 0 atom stereocenters. The highest BCUT2D eigenvalue weighted by atomic mass is 15.0. The Morgan fingerprint density at radius 3 is 1.42 bits per heavy atom. The van der Waals surface area contributed by atoms with Gasteiger partial charge in [-0.05, 0) is 86.0 Å². The zero-order valence-electron chi connectivity index (χ0n) is 33.6. The molecule has 2 aliphatic rings. The van der Waals surface area contributed by atoms with Gasteiger partial charge in [-0.3, -0.25) is 0 Å². The van der Waals surface area contributed by atoms with Gasteiger partial charge in [0, 0.05) is 33.2 Å². The van der Waals surface area contributed by atoms with Crippen LogP contribution in [0.5, 0.6) is 0 Å². The van der Waals surface area contributed by atoms with E-state index in [0.717, 1.165) is 39.0 Å². The van der Waals surface area contributed by atoms with Crippen molar-refractivity contribution in [2.24, 2.45) is 0 Å². The number of hydrogen-bond acceptors (Lipinski definition) is 3. The number of hydrogen-bond donors (Lipinski definition) is 0. The Morgan fingerprint density at radius 2 is 0.790 bits per heavy atom. The number of para-hydroxylation sites is 2. The SMILES string of the molecule is c1ccc(-c2nc(-c3ccccc3)nc(-c3cc(-c4cccc5c4-c4ccccc4C54c5ccccc5-c5ccccc54)c4c5ccccc5n(-c5ccccc5)c4c3)n2)cc1. The third-order valence-electron chi connectivity index (χ3n) is 13.1. The van der Waals surface area contributed by atoms with E-state index in [1.54, 1.807) is 0 Å². The molecule has 0 aliphatic heterocycles. The number of rotatable bonds is 5. The molecule has 2 aromatic heterocycles. The second kappa shape index (κ2) is 13.4. The second-order valence-electron chi connectivity index (χ2n) is 16.3. The van der Waals surface area contributed by atoms with Crippen molar-refractivity contribution in [1.82, 2.24) is 19.5 Å². The Bertz CT molecular complexity index is 3470. The van der Waals surface area contributed by atoms with Crippen molar-refractivity contribution in [3.8, 4) is 73.2 Å². The maximum Gasteiger partial charge on any atom is 0.164 e. The summed E-state index contributed by atoms with van der Waals surface area (Å²) >= 11 is 0. The molecule has 2 heterocycles. The summed E-state index contributed by atoms with van der Waals surface area (Å²) in [5.41, 5.74) is 18.3. The fourth-order valence-electron chi connectivity index (χ4n) is 10.6. The van der Waals surface area contributed by atoms with Crippen LogP contribution in [0, 0.1) is 0 Å². The average Bonchev–Trinajstić information content (AvgIpc) is 3.96. The van der Waals surface area contributed by atoms with Crippen LogP contribution < -0.4 is 0 Å². The van der Waals surface area contributed by atoms with Crippen LogP contribution in [0.25, 0.3) is 95.0 Å². The number of fused-ring (bicyclic) bond motifs is 13. The molecule has 0 radical (unpaired) electrons. The summed E-state index contributed by atoms with van der Waals surface area (Å²) in [6.45, 7) is 0. The average molecular weight is 789 g/mol. The number of benzene rings is 9. The van der Waals surface area contributed by atoms with Crippen LogP contribution in [-0.4, -0.2) is 19.5 Å². The topological polar surface area (TPSA) is 43.6 Å². The van der Waals surface area contributed by atoms with Gasteiger partial charge >= 0.3 is 0 Å². The van der Waals surface area contributed by atoms with E-state index in [1.807, 2.05) is 36.4 Å². The molecule has 0 unspecified atom stereocenters. The van der Waals surface area contributed by atoms with Crippen molar-refractivity contribution in [2.75, 3.05) is 0 Å². The van der Waals surface area contributed by atoms with Crippen molar-refractivity contribution in [1.29, 1.82) is 0 Å². The molecule has 2 aliphatic carbocycles. The van der Waals surface area contributed by atoms with Crippen molar-refractivity contribution >= 4 is 21.8 Å². The van der Waals surface area contributed by atoms with Crippen molar-refractivity contribution < 1.29 is 0 Å². The largest absolute Gasteiger partial charge is 0.309 e. The predicted molar refractivity (Wildman–Crippen MR) is 252 cm³/mol. The molecule has 62 heavy (non-hydrogen) atoms. The van der Waals surface area contributed by atoms with Gasteiger partial charge in [0.05, 0.1) is 16.4 Å². The molecular formula is C58H36N4. The molecule has 288 valence electrons. The lowest BCUT2D eigenvalue weighted by Crippen LogP contribution is -2.25. The van der Waals surface area contributed by atoms with Gasteiger partial charge in [-0.1, -0.05) is 188 Å². The van der Waals surface area contributed by atoms with E-state index in [0.29, 0.717) is 17.5 Å². The maximum atomic E-state index is 5.28. The lowest BCUT2D eigenvalue weighted by atomic mass is 9.70. The summed E-state index contributed by atoms with van der Waals surface area (Å²) in [4.78, 5) is 15.6. The van der Waals surface area contributed by atoms with Crippen LogP contribution >= 0.6 is 0 Å². The Hall–Kier alpha value is -8.21. The minimum absolute atomic E-state index is 0.465. The highest BCUT2D eigenvalue weighted by Gasteiger charge is 2.52. The number of aromatic nitrogens is 4. The highest BCUT2D eigenvalue weighted by molar-refractivity contribution is 6.18. The second-order valence-corrected chi connectivity index (χ2v) is 16.3. The summed E-state index contributed by atoms with van der Waals surface area (Å²) in [6.07, 6.45) is 0. The lowest BCUT2D eigenvalue weighted by molar-refractivity contribution is 0.794. The first-order valence-corrected chi connectivity index (χ1v) is 21.2. The van der Waals surface area contributed by atoms with Gasteiger partial charge in [-0.15, -0.1) is 0 Å². The summed E-state index contributed by atoms with van der Waals surface area (Å²) in [5.74, 6) is 1.89. The van der Waals surface area contributed by atoms with Crippen LogP contribution in [0.15, 0.2) is 218 Å². The van der Waals surface area contributed by atoms with E-state index in [2.05, 4.69) is 187 Å². The van der Waals surface area contributed by atoms with E-state index in [-0.39, 0.29) is 0 Å². The minimum atomic E-state index is -0.465. The summed E-state index contributed by atoms with van der Waals surface area (Å²) in [5, 5.41) is 2.38. The Balaban J connectivity index is 1.16. The Morgan fingerprint density at radius 1 is 0.323 bits per heavy atom. The Labute approximate surface area is 359 Å². The molecular weight excluding hydrogens is 753 g/mol. The standard InChI is InChI=1S/C58H36N4/c1-4-19-37(20-5-1)55-59-56(38-21-6-2-7-22-38)61-57(60-55)39-35-46(54-45-28-13-17-34-51(45)62(52(54)36-39)40-23-8-3-9-24-40)43-29-18-33-50-53(43)44-27-12-16-32-49(44)58(50)47-30-14-10-25-41(47)42-26-11-15-31-48(42)58/h1-36H. The molecule has 0 fully saturated rings. The van der Waals surface area contributed by atoms with Gasteiger partial charge in [-0.25, -0.2) is 15.0 Å². The van der Waals surface area contributed by atoms with Crippen LogP contribution in [0.2, 0.25) is 0 Å². The lowest BCUT2D eigenvalue weighted by Gasteiger charge is -2.30. The first kappa shape index (κ1) is 34.6. The molecule has 4 heteroatoms. The van der Waals surface area contributed by atoms with Gasteiger partial charge in [0.2, 0.25) is 0 Å². The summed E-state index contributed by atoms with van der Waals surface area (Å²) in [6, 6.07) is 78.6. The number of nitrogens with zero attached hydrogens (tertiary/aromatic N) is 4. The monoisotopic (exact) mass is 788 g/mol. The molecule has 4 nitrogen and oxygen atoms in total. The van der Waals surface area contributed by atoms with Crippen LogP contribution in [0.1, 0.15) is 22.3 Å². The zero-order valence-corrected chi connectivity index (χ0v) is 33.6. The van der Waals surface area contributed by atoms with Crippen molar-refractivity contribution in [3.63, 3.8) is 0 Å². The fourth-order valence-corrected chi connectivity index (χ4v) is 10.6. The van der Waals surface area contributed by atoms with Gasteiger partial charge < -0.3 is 4.57 Å². The van der Waals surface area contributed by atoms with Crippen LogP contribution in [-0.2, 0) is 5.41 Å². The molecule has 0 amide bonds. The molecule has 1 spiro atoms. The molecule has 13 rings (SSSR count). The third-order valence-corrected chi connectivity index (χ3v) is 13.1. The molecule has 11 aromatic rings. The quantitative estimate of drug-likeness (QED) is 0.174. The maximum absolute atomic E-state index is 5.28. The van der Waals surface area contributed by atoms with Gasteiger partial charge in [0.1, 0.15) is 0 Å². The molecule has 0 N–H and O–H groups in total. The van der Waals surface area contributed by atoms with Crippen molar-refractivity contribution in [3.05, 3.63) is 241 Å². The van der Waals surface area contributed by atoms with Crippen molar-refractivity contribution in [2.45, 2.75) is 5.41 Å². The molecule has 0 saturated carbocycles. The van der Waals surface area contributed by atoms with E-state index in [4.69, 9.17) is 15.0 Å². The first-order valence-electron chi connectivity index (χ1n) is 21.2. The normalized spacial score (nSPS) is 13.0. The molecule has 9 aromatic carbocycles. The highest BCUT2D eigenvalue weighted by Crippen LogP contribution is 2.64. The van der Waals surface area contributed by atoms with E-state index in [9.17, 15) is 0 Å². The van der Waals surface area contributed by atoms with E-state index < -0.39 is 5.41 Å². The Kier molecular flexibility index (Phi) is 7.49. The van der Waals surface area contributed by atoms with E-state index >= 15 is 0 Å². The molecule has 0 bridgehead atoms. The first-order chi connectivity index (χ1) is 30.8.